The molecule has 192 valence electrons. The van der Waals surface area contributed by atoms with Gasteiger partial charge in [-0.15, -0.1) is 0 Å². The van der Waals surface area contributed by atoms with Gasteiger partial charge < -0.3 is 24.4 Å². The van der Waals surface area contributed by atoms with Crippen LogP contribution in [0.15, 0.2) is 66.8 Å². The van der Waals surface area contributed by atoms with Gasteiger partial charge in [-0.1, -0.05) is 61.6 Å². The van der Waals surface area contributed by atoms with E-state index < -0.39 is 41.6 Å². The second-order valence-corrected chi connectivity index (χ2v) is 10.1. The van der Waals surface area contributed by atoms with Crippen molar-refractivity contribution in [1.82, 2.24) is 4.90 Å². The van der Waals surface area contributed by atoms with Gasteiger partial charge in [-0.25, -0.2) is 0 Å². The van der Waals surface area contributed by atoms with Crippen molar-refractivity contribution in [3.63, 3.8) is 0 Å². The van der Waals surface area contributed by atoms with Crippen molar-refractivity contribution in [1.29, 1.82) is 0 Å². The molecule has 4 aliphatic rings. The number of cyclic esters (lactones) is 1. The van der Waals surface area contributed by atoms with E-state index in [-0.39, 0.29) is 25.0 Å². The summed E-state index contributed by atoms with van der Waals surface area (Å²) in [5.74, 6) is -2.93. The maximum Gasteiger partial charge on any atom is 0.312 e. The molecular formula is C29H30N2O6. The predicted octanol–water partition coefficient (Wildman–Crippen LogP) is 2.60. The van der Waals surface area contributed by atoms with E-state index in [1.54, 1.807) is 11.0 Å². The van der Waals surface area contributed by atoms with Crippen LogP contribution in [0.2, 0.25) is 0 Å². The van der Waals surface area contributed by atoms with E-state index in [0.717, 1.165) is 10.8 Å². The van der Waals surface area contributed by atoms with E-state index in [1.807, 2.05) is 67.6 Å². The van der Waals surface area contributed by atoms with Crippen LogP contribution in [-0.2, 0) is 23.9 Å². The lowest BCUT2D eigenvalue weighted by Gasteiger charge is -2.38. The fraction of sp³-hybridized carbons (Fsp3) is 0.414. The minimum Gasteiger partial charge on any atom is -0.465 e. The van der Waals surface area contributed by atoms with Crippen LogP contribution in [0, 0.1) is 11.8 Å². The molecule has 0 radical (unpaired) electrons. The van der Waals surface area contributed by atoms with Crippen LogP contribution in [0.5, 0.6) is 0 Å². The van der Waals surface area contributed by atoms with Gasteiger partial charge in [-0.3, -0.25) is 14.4 Å². The Bertz CT molecular complexity index is 1320. The van der Waals surface area contributed by atoms with Gasteiger partial charge in [0.05, 0.1) is 31.3 Å². The van der Waals surface area contributed by atoms with Crippen molar-refractivity contribution in [2.24, 2.45) is 11.8 Å². The van der Waals surface area contributed by atoms with Crippen molar-refractivity contribution < 1.29 is 29.0 Å². The molecule has 8 nitrogen and oxygen atoms in total. The summed E-state index contributed by atoms with van der Waals surface area (Å²) in [6, 6.07) is 12.1. The Hall–Kier alpha value is -3.49. The average Bonchev–Trinajstić information content (AvgIpc) is 3.28. The third-order valence-electron chi connectivity index (χ3n) is 8.18. The number of benzene rings is 2. The highest BCUT2D eigenvalue weighted by Crippen LogP contribution is 2.54. The van der Waals surface area contributed by atoms with Gasteiger partial charge in [0, 0.05) is 12.2 Å². The number of fused-ring (bicyclic) bond motifs is 3. The molecule has 6 rings (SSSR count). The van der Waals surface area contributed by atoms with Crippen LogP contribution in [0.1, 0.15) is 19.8 Å². The molecular weight excluding hydrogens is 472 g/mol. The van der Waals surface area contributed by atoms with E-state index in [9.17, 15) is 19.5 Å². The lowest BCUT2D eigenvalue weighted by atomic mass is 9.77. The minimum absolute atomic E-state index is 0.234. The molecule has 37 heavy (non-hydrogen) atoms. The highest BCUT2D eigenvalue weighted by Gasteiger charge is 2.72. The summed E-state index contributed by atoms with van der Waals surface area (Å²) in [4.78, 5) is 44.8. The summed E-state index contributed by atoms with van der Waals surface area (Å²) >= 11 is 0. The van der Waals surface area contributed by atoms with E-state index in [0.29, 0.717) is 25.1 Å². The standard InChI is InChI=1S/C29H30N2O6/c1-2-20(17-32)31-25-27(34)30(21-12-11-18-8-3-4-9-19(18)16-21)14-7-13-29(25)24(26(31)33)23-22(37-29)10-5-6-15-36-28(23)35/h3-5,7-13,16,20,22-25,32H,2,6,14-15,17H2,1H3/t20-,22-,23+,24-,25?,29-/m0/s1. The molecule has 4 heterocycles. The number of nitrogens with zero attached hydrogens (tertiary/aromatic N) is 2. The van der Waals surface area contributed by atoms with Crippen molar-refractivity contribution in [2.75, 3.05) is 24.7 Å². The molecule has 2 aromatic rings. The molecule has 4 aliphatic heterocycles. The summed E-state index contributed by atoms with van der Waals surface area (Å²) in [5, 5.41) is 12.3. The van der Waals surface area contributed by atoms with Crippen LogP contribution in [-0.4, -0.2) is 71.3 Å². The number of ether oxygens (including phenoxy) is 2. The third-order valence-corrected chi connectivity index (χ3v) is 8.18. The predicted molar refractivity (Wildman–Crippen MR) is 137 cm³/mol. The molecule has 8 heteroatoms. The molecule has 6 atom stereocenters. The second-order valence-electron chi connectivity index (χ2n) is 10.1. The number of esters is 1. The SMILES string of the molecule is CC[C@@H](CO)N1C(=O)[C@@H]2[C@@H]3C(=O)OCCC=C[C@@H]3O[C@@]23C=CCN(c2ccc4ccccc4c2)C(=O)C13. The van der Waals surface area contributed by atoms with Crippen LogP contribution < -0.4 is 4.90 Å². The number of anilines is 1. The topological polar surface area (TPSA) is 96.4 Å². The first-order valence-electron chi connectivity index (χ1n) is 12.9. The summed E-state index contributed by atoms with van der Waals surface area (Å²) in [7, 11) is 0. The quantitative estimate of drug-likeness (QED) is 0.510. The van der Waals surface area contributed by atoms with Gasteiger partial charge in [0.1, 0.15) is 17.6 Å². The van der Waals surface area contributed by atoms with Gasteiger partial charge in [-0.2, -0.15) is 0 Å². The molecule has 0 saturated carbocycles. The zero-order valence-electron chi connectivity index (χ0n) is 20.7. The van der Waals surface area contributed by atoms with Crippen molar-refractivity contribution in [2.45, 2.75) is 43.6 Å². The number of amides is 2. The maximum atomic E-state index is 14.4. The fourth-order valence-corrected chi connectivity index (χ4v) is 6.43. The van der Waals surface area contributed by atoms with Crippen molar-refractivity contribution in [3.8, 4) is 0 Å². The van der Waals surface area contributed by atoms with E-state index in [4.69, 9.17) is 9.47 Å². The van der Waals surface area contributed by atoms with Gasteiger partial charge in [0.2, 0.25) is 5.91 Å². The Labute approximate surface area is 215 Å². The number of aliphatic hydroxyl groups excluding tert-OH is 1. The van der Waals surface area contributed by atoms with E-state index in [2.05, 4.69) is 0 Å². The molecule has 2 fully saturated rings. The number of carbonyl (C=O) groups excluding carboxylic acids is 3. The monoisotopic (exact) mass is 502 g/mol. The first kappa shape index (κ1) is 23.9. The normalized spacial score (nSPS) is 31.9. The van der Waals surface area contributed by atoms with Crippen molar-refractivity contribution in [3.05, 3.63) is 66.8 Å². The smallest absolute Gasteiger partial charge is 0.312 e. The molecule has 0 bridgehead atoms. The minimum atomic E-state index is -1.34. The number of hydrogen-bond acceptors (Lipinski definition) is 6. The number of carbonyl (C=O) groups is 3. The summed E-state index contributed by atoms with van der Waals surface area (Å²) in [5.41, 5.74) is -0.632. The van der Waals surface area contributed by atoms with Gasteiger partial charge in [-0.05, 0) is 35.7 Å². The number of rotatable bonds is 4. The molecule has 1 unspecified atom stereocenters. The largest absolute Gasteiger partial charge is 0.465 e. The number of hydrogen-bond donors (Lipinski definition) is 1. The number of likely N-dealkylation sites (tertiary alicyclic amines) is 1. The summed E-state index contributed by atoms with van der Waals surface area (Å²) in [6.07, 6.45) is 7.70. The summed E-state index contributed by atoms with van der Waals surface area (Å²) < 4.78 is 12.0. The summed E-state index contributed by atoms with van der Waals surface area (Å²) in [6.45, 7) is 2.09. The second kappa shape index (κ2) is 9.11. The molecule has 2 saturated heterocycles. The Balaban J connectivity index is 1.48. The Morgan fingerprint density at radius 2 is 1.89 bits per heavy atom. The van der Waals surface area contributed by atoms with E-state index >= 15 is 0 Å². The zero-order valence-corrected chi connectivity index (χ0v) is 20.7. The molecule has 2 aromatic carbocycles. The molecule has 1 N–H and O–H groups in total. The van der Waals surface area contributed by atoms with Gasteiger partial charge >= 0.3 is 5.97 Å². The lowest BCUT2D eigenvalue weighted by molar-refractivity contribution is -0.155. The van der Waals surface area contributed by atoms with Crippen molar-refractivity contribution >= 4 is 34.2 Å². The number of aliphatic hydroxyl groups is 1. The van der Waals surface area contributed by atoms with Gasteiger partial charge in [0.25, 0.3) is 5.91 Å². The molecule has 0 aromatic heterocycles. The lowest BCUT2D eigenvalue weighted by Crippen LogP contribution is -2.58. The molecule has 2 amide bonds. The third kappa shape index (κ3) is 3.54. The van der Waals surface area contributed by atoms with Gasteiger partial charge in [0.15, 0.2) is 0 Å². The van der Waals surface area contributed by atoms with E-state index in [1.165, 1.54) is 4.90 Å². The van der Waals surface area contributed by atoms with Crippen LogP contribution in [0.25, 0.3) is 10.8 Å². The van der Waals surface area contributed by atoms with Crippen LogP contribution >= 0.6 is 0 Å². The first-order valence-corrected chi connectivity index (χ1v) is 12.9. The Morgan fingerprint density at radius 1 is 1.08 bits per heavy atom. The van der Waals surface area contributed by atoms with Crippen LogP contribution in [0.3, 0.4) is 0 Å². The molecule has 0 aliphatic carbocycles. The first-order chi connectivity index (χ1) is 18.0. The fourth-order valence-electron chi connectivity index (χ4n) is 6.43. The van der Waals surface area contributed by atoms with Crippen LogP contribution in [0.4, 0.5) is 5.69 Å². The zero-order chi connectivity index (χ0) is 25.7. The average molecular weight is 503 g/mol. The molecule has 1 spiro atoms. The Morgan fingerprint density at radius 3 is 2.68 bits per heavy atom. The maximum absolute atomic E-state index is 14.4. The Kier molecular flexibility index (Phi) is 5.88. The highest BCUT2D eigenvalue weighted by atomic mass is 16.6. The highest BCUT2D eigenvalue weighted by molar-refractivity contribution is 6.06.